The number of carbonyl (C=O) groups excluding carboxylic acids is 2. The third-order valence-electron chi connectivity index (χ3n) is 4.70. The minimum absolute atomic E-state index is 0.157. The topological polar surface area (TPSA) is 111 Å². The molecule has 0 saturated carbocycles. The van der Waals surface area contributed by atoms with E-state index in [4.69, 9.17) is 10.3 Å². The SMILES string of the molecule is Cc1noc2nc(-c3ccccc3F)cc(C(=O)NCc3ccc(C(N)=O)cc3)c12. The highest BCUT2D eigenvalue weighted by atomic mass is 19.1. The zero-order valence-electron chi connectivity index (χ0n) is 16.0. The van der Waals surface area contributed by atoms with Crippen molar-refractivity contribution in [3.8, 4) is 11.3 Å². The van der Waals surface area contributed by atoms with Crippen LogP contribution in [-0.4, -0.2) is 22.0 Å². The maximum absolute atomic E-state index is 14.3. The van der Waals surface area contributed by atoms with Crippen LogP contribution < -0.4 is 11.1 Å². The van der Waals surface area contributed by atoms with Crippen LogP contribution in [0.25, 0.3) is 22.4 Å². The Hall–Kier alpha value is -4.07. The average molecular weight is 404 g/mol. The Morgan fingerprint density at radius 3 is 2.57 bits per heavy atom. The second-order valence-corrected chi connectivity index (χ2v) is 6.73. The molecule has 8 heteroatoms. The molecule has 150 valence electrons. The first-order valence-corrected chi connectivity index (χ1v) is 9.13. The summed E-state index contributed by atoms with van der Waals surface area (Å²) in [6.45, 7) is 1.93. The molecule has 30 heavy (non-hydrogen) atoms. The van der Waals surface area contributed by atoms with Crippen LogP contribution in [0.15, 0.2) is 59.1 Å². The van der Waals surface area contributed by atoms with Gasteiger partial charge in [0.2, 0.25) is 5.91 Å². The average Bonchev–Trinajstić information content (AvgIpc) is 3.12. The molecule has 2 aromatic heterocycles. The summed E-state index contributed by atoms with van der Waals surface area (Å²) in [4.78, 5) is 28.4. The Balaban J connectivity index is 1.66. The number of carbonyl (C=O) groups is 2. The first-order chi connectivity index (χ1) is 14.4. The van der Waals surface area contributed by atoms with Gasteiger partial charge in [0, 0.05) is 17.7 Å². The summed E-state index contributed by atoms with van der Waals surface area (Å²) in [6, 6.07) is 14.3. The largest absolute Gasteiger partial charge is 0.366 e. The molecule has 0 unspecified atom stereocenters. The first kappa shape index (κ1) is 19.3. The van der Waals surface area contributed by atoms with E-state index in [9.17, 15) is 14.0 Å². The van der Waals surface area contributed by atoms with Gasteiger partial charge in [-0.2, -0.15) is 0 Å². The van der Waals surface area contributed by atoms with Crippen LogP contribution in [0.5, 0.6) is 0 Å². The fourth-order valence-electron chi connectivity index (χ4n) is 3.15. The molecule has 0 atom stereocenters. The molecule has 0 aliphatic rings. The number of hydrogen-bond donors (Lipinski definition) is 2. The first-order valence-electron chi connectivity index (χ1n) is 9.13. The monoisotopic (exact) mass is 404 g/mol. The lowest BCUT2D eigenvalue weighted by Gasteiger charge is -2.09. The van der Waals surface area contributed by atoms with Crippen molar-refractivity contribution >= 4 is 22.9 Å². The number of rotatable bonds is 5. The number of nitrogens with two attached hydrogens (primary N) is 1. The standard InChI is InChI=1S/C22H17FN4O3/c1-12-19-16(21(29)25-11-13-6-8-14(9-7-13)20(24)28)10-18(26-22(19)30-27-12)15-4-2-3-5-17(15)23/h2-10H,11H2,1H3,(H2,24,28)(H,25,29). The smallest absolute Gasteiger partial charge is 0.259 e. The van der Waals surface area contributed by atoms with Crippen LogP contribution in [0.3, 0.4) is 0 Å². The third kappa shape index (κ3) is 3.62. The van der Waals surface area contributed by atoms with E-state index in [0.29, 0.717) is 16.6 Å². The van der Waals surface area contributed by atoms with E-state index in [1.165, 1.54) is 12.1 Å². The van der Waals surface area contributed by atoms with Crippen molar-refractivity contribution in [3.05, 3.63) is 82.8 Å². The van der Waals surface area contributed by atoms with E-state index in [2.05, 4.69) is 15.5 Å². The second-order valence-electron chi connectivity index (χ2n) is 6.73. The van der Waals surface area contributed by atoms with Crippen LogP contribution in [0.4, 0.5) is 4.39 Å². The van der Waals surface area contributed by atoms with E-state index >= 15 is 0 Å². The van der Waals surface area contributed by atoms with Crippen molar-refractivity contribution in [3.63, 3.8) is 0 Å². The van der Waals surface area contributed by atoms with Crippen molar-refractivity contribution in [1.29, 1.82) is 0 Å². The number of primary amides is 1. The number of nitrogens with one attached hydrogen (secondary N) is 1. The maximum atomic E-state index is 14.3. The van der Waals surface area contributed by atoms with E-state index in [-0.39, 0.29) is 35.0 Å². The predicted molar refractivity (Wildman–Crippen MR) is 108 cm³/mol. The number of aryl methyl sites for hydroxylation is 1. The van der Waals surface area contributed by atoms with Gasteiger partial charge >= 0.3 is 0 Å². The number of amides is 2. The number of pyridine rings is 1. The molecule has 2 amide bonds. The summed E-state index contributed by atoms with van der Waals surface area (Å²) in [6.07, 6.45) is 0. The van der Waals surface area contributed by atoms with Crippen LogP contribution in [0.1, 0.15) is 32.0 Å². The summed E-state index contributed by atoms with van der Waals surface area (Å²) in [5.41, 5.74) is 7.88. The summed E-state index contributed by atoms with van der Waals surface area (Å²) >= 11 is 0. The lowest BCUT2D eigenvalue weighted by Crippen LogP contribution is -2.23. The number of nitrogens with zero attached hydrogens (tertiary/aromatic N) is 2. The van der Waals surface area contributed by atoms with Gasteiger partial charge in [0.15, 0.2) is 0 Å². The molecule has 3 N–H and O–H groups in total. The number of fused-ring (bicyclic) bond motifs is 1. The summed E-state index contributed by atoms with van der Waals surface area (Å²) < 4.78 is 19.5. The molecule has 0 aliphatic heterocycles. The van der Waals surface area contributed by atoms with E-state index in [0.717, 1.165) is 5.56 Å². The molecule has 0 fully saturated rings. The van der Waals surface area contributed by atoms with Crippen LogP contribution in [0.2, 0.25) is 0 Å². The fourth-order valence-corrected chi connectivity index (χ4v) is 3.15. The molecule has 7 nitrogen and oxygen atoms in total. The predicted octanol–water partition coefficient (Wildman–Crippen LogP) is 3.37. The van der Waals surface area contributed by atoms with Gasteiger partial charge in [0.05, 0.1) is 22.3 Å². The molecule has 4 aromatic rings. The summed E-state index contributed by atoms with van der Waals surface area (Å²) in [5, 5.41) is 7.17. The van der Waals surface area contributed by atoms with Crippen LogP contribution in [-0.2, 0) is 6.54 Å². The van der Waals surface area contributed by atoms with Crippen LogP contribution >= 0.6 is 0 Å². The Morgan fingerprint density at radius 2 is 1.87 bits per heavy atom. The minimum atomic E-state index is -0.520. The molecule has 2 aromatic carbocycles. The van der Waals surface area contributed by atoms with Crippen molar-refractivity contribution in [2.24, 2.45) is 5.73 Å². The van der Waals surface area contributed by atoms with Gasteiger partial charge in [-0.05, 0) is 42.8 Å². The lowest BCUT2D eigenvalue weighted by atomic mass is 10.0. The zero-order valence-corrected chi connectivity index (χ0v) is 16.0. The molecule has 0 saturated heterocycles. The molecular formula is C22H17FN4O3. The van der Waals surface area contributed by atoms with Gasteiger partial charge in [-0.3, -0.25) is 9.59 Å². The normalized spacial score (nSPS) is 10.9. The number of halogens is 1. The van der Waals surface area contributed by atoms with Gasteiger partial charge in [-0.1, -0.05) is 29.4 Å². The Morgan fingerprint density at radius 1 is 1.13 bits per heavy atom. The second kappa shape index (κ2) is 7.75. The van der Waals surface area contributed by atoms with Crippen molar-refractivity contribution in [2.75, 3.05) is 0 Å². The quantitative estimate of drug-likeness (QED) is 0.530. The number of aromatic nitrogens is 2. The van der Waals surface area contributed by atoms with Crippen molar-refractivity contribution < 1.29 is 18.5 Å². The molecule has 2 heterocycles. The highest BCUT2D eigenvalue weighted by Gasteiger charge is 2.20. The summed E-state index contributed by atoms with van der Waals surface area (Å²) in [7, 11) is 0. The molecule has 0 spiro atoms. The molecule has 0 bridgehead atoms. The van der Waals surface area contributed by atoms with E-state index < -0.39 is 11.7 Å². The Bertz CT molecular complexity index is 1270. The number of benzene rings is 2. The molecule has 0 aliphatic carbocycles. The van der Waals surface area contributed by atoms with Gasteiger partial charge < -0.3 is 15.6 Å². The highest BCUT2D eigenvalue weighted by molar-refractivity contribution is 6.07. The number of hydrogen-bond acceptors (Lipinski definition) is 5. The highest BCUT2D eigenvalue weighted by Crippen LogP contribution is 2.28. The van der Waals surface area contributed by atoms with Crippen LogP contribution in [0, 0.1) is 12.7 Å². The maximum Gasteiger partial charge on any atom is 0.259 e. The van der Waals surface area contributed by atoms with Gasteiger partial charge in [-0.15, -0.1) is 0 Å². The molecule has 4 rings (SSSR count). The Kier molecular flexibility index (Phi) is 4.97. The Labute approximate surface area is 170 Å². The summed E-state index contributed by atoms with van der Waals surface area (Å²) in [5.74, 6) is -1.36. The van der Waals surface area contributed by atoms with E-state index in [1.54, 1.807) is 49.4 Å². The van der Waals surface area contributed by atoms with Gasteiger partial charge in [-0.25, -0.2) is 9.37 Å². The van der Waals surface area contributed by atoms with Crippen molar-refractivity contribution in [1.82, 2.24) is 15.5 Å². The van der Waals surface area contributed by atoms with Gasteiger partial charge in [0.1, 0.15) is 5.82 Å². The van der Waals surface area contributed by atoms with E-state index in [1.807, 2.05) is 0 Å². The zero-order chi connectivity index (χ0) is 21.3. The van der Waals surface area contributed by atoms with Gasteiger partial charge in [0.25, 0.3) is 11.6 Å². The third-order valence-corrected chi connectivity index (χ3v) is 4.70. The molecule has 0 radical (unpaired) electrons. The van der Waals surface area contributed by atoms with Crippen molar-refractivity contribution in [2.45, 2.75) is 13.5 Å². The lowest BCUT2D eigenvalue weighted by molar-refractivity contribution is 0.0950. The fraction of sp³-hybridized carbons (Fsp3) is 0.0909. The molecular weight excluding hydrogens is 387 g/mol. The minimum Gasteiger partial charge on any atom is -0.366 e.